The van der Waals surface area contributed by atoms with Crippen molar-refractivity contribution in [2.75, 3.05) is 26.2 Å². The first-order chi connectivity index (χ1) is 14.2. The van der Waals surface area contributed by atoms with E-state index < -0.39 is 6.04 Å². The molecule has 1 atom stereocenters. The molecule has 0 spiro atoms. The molecule has 0 N–H and O–H groups in total. The highest BCUT2D eigenvalue weighted by molar-refractivity contribution is 5.94. The molecule has 0 bridgehead atoms. The van der Waals surface area contributed by atoms with Gasteiger partial charge in [-0.15, -0.1) is 5.10 Å². The van der Waals surface area contributed by atoms with E-state index in [-0.39, 0.29) is 11.8 Å². The maximum absolute atomic E-state index is 13.3. The van der Waals surface area contributed by atoms with E-state index in [0.717, 1.165) is 5.56 Å². The van der Waals surface area contributed by atoms with Gasteiger partial charge in [-0.25, -0.2) is 4.68 Å². The highest BCUT2D eigenvalue weighted by Gasteiger charge is 2.31. The van der Waals surface area contributed by atoms with Crippen molar-refractivity contribution in [3.05, 3.63) is 78.1 Å². The molecular weight excluding hydrogens is 368 g/mol. The first-order valence-electron chi connectivity index (χ1n) is 9.62. The fraction of sp³-hybridized carbons (Fsp3) is 0.286. The summed E-state index contributed by atoms with van der Waals surface area (Å²) in [6, 6.07) is 18.5. The zero-order chi connectivity index (χ0) is 20.1. The van der Waals surface area contributed by atoms with E-state index in [4.69, 9.17) is 0 Å². The zero-order valence-electron chi connectivity index (χ0n) is 16.0. The lowest BCUT2D eigenvalue weighted by molar-refractivity contribution is -0.136. The highest BCUT2D eigenvalue weighted by Crippen LogP contribution is 2.18. The van der Waals surface area contributed by atoms with Gasteiger partial charge >= 0.3 is 0 Å². The Morgan fingerprint density at radius 2 is 1.48 bits per heavy atom. The number of aromatic nitrogens is 4. The van der Waals surface area contributed by atoms with Gasteiger partial charge in [0.05, 0.1) is 0 Å². The van der Waals surface area contributed by atoms with Crippen LogP contribution in [0.3, 0.4) is 0 Å². The molecule has 0 radical (unpaired) electrons. The number of amides is 2. The lowest BCUT2D eigenvalue weighted by atomic mass is 10.0. The minimum absolute atomic E-state index is 0.000916. The Bertz CT molecular complexity index is 938. The van der Waals surface area contributed by atoms with Crippen molar-refractivity contribution in [1.29, 1.82) is 0 Å². The summed E-state index contributed by atoms with van der Waals surface area (Å²) in [5.74, 6) is -0.0352. The summed E-state index contributed by atoms with van der Waals surface area (Å²) in [6.45, 7) is 2.00. The number of tetrazole rings is 1. The second kappa shape index (κ2) is 8.64. The standard InChI is InChI=1S/C21H22N6O2/c28-20(18-9-5-2-6-10-18)25-11-13-26(14-12-25)21(29)19(27-16-22-23-24-27)15-17-7-3-1-4-8-17/h1-10,16,19H,11-15H2. The Hall–Kier alpha value is -3.55. The molecule has 1 aromatic heterocycles. The predicted octanol–water partition coefficient (Wildman–Crippen LogP) is 1.44. The molecule has 4 rings (SSSR count). The molecule has 1 aliphatic heterocycles. The van der Waals surface area contributed by atoms with Crippen LogP contribution in [0.15, 0.2) is 67.0 Å². The number of piperazine rings is 1. The number of rotatable bonds is 5. The van der Waals surface area contributed by atoms with E-state index in [9.17, 15) is 9.59 Å². The number of hydrogen-bond acceptors (Lipinski definition) is 5. The minimum Gasteiger partial charge on any atom is -0.337 e. The van der Waals surface area contributed by atoms with Crippen LogP contribution in [-0.2, 0) is 11.2 Å². The fourth-order valence-corrected chi connectivity index (χ4v) is 3.55. The fourth-order valence-electron chi connectivity index (χ4n) is 3.55. The van der Waals surface area contributed by atoms with Crippen LogP contribution >= 0.6 is 0 Å². The van der Waals surface area contributed by atoms with Gasteiger partial charge in [0.1, 0.15) is 12.4 Å². The van der Waals surface area contributed by atoms with Crippen molar-refractivity contribution >= 4 is 11.8 Å². The Morgan fingerprint density at radius 3 is 2.10 bits per heavy atom. The molecule has 148 valence electrons. The van der Waals surface area contributed by atoms with E-state index in [2.05, 4.69) is 15.5 Å². The van der Waals surface area contributed by atoms with Gasteiger partial charge in [-0.1, -0.05) is 48.5 Å². The summed E-state index contributed by atoms with van der Waals surface area (Å²) in [7, 11) is 0. The molecule has 8 nitrogen and oxygen atoms in total. The van der Waals surface area contributed by atoms with Crippen molar-refractivity contribution < 1.29 is 9.59 Å². The third-order valence-electron chi connectivity index (χ3n) is 5.14. The van der Waals surface area contributed by atoms with Crippen LogP contribution in [0, 0.1) is 0 Å². The molecule has 29 heavy (non-hydrogen) atoms. The van der Waals surface area contributed by atoms with Crippen LogP contribution in [0.25, 0.3) is 0 Å². The Labute approximate surface area is 168 Å². The maximum Gasteiger partial charge on any atom is 0.253 e. The lowest BCUT2D eigenvalue weighted by Gasteiger charge is -2.36. The van der Waals surface area contributed by atoms with E-state index in [1.807, 2.05) is 60.7 Å². The number of benzene rings is 2. The lowest BCUT2D eigenvalue weighted by Crippen LogP contribution is -2.52. The van der Waals surface area contributed by atoms with Crippen LogP contribution in [0.2, 0.25) is 0 Å². The normalized spacial score (nSPS) is 15.2. The van der Waals surface area contributed by atoms with Gasteiger partial charge in [-0.05, 0) is 28.1 Å². The van der Waals surface area contributed by atoms with Crippen LogP contribution < -0.4 is 0 Å². The maximum atomic E-state index is 13.3. The van der Waals surface area contributed by atoms with Crippen molar-refractivity contribution in [3.63, 3.8) is 0 Å². The third-order valence-corrected chi connectivity index (χ3v) is 5.14. The number of nitrogens with zero attached hydrogens (tertiary/aromatic N) is 6. The first-order valence-corrected chi connectivity index (χ1v) is 9.62. The Balaban J connectivity index is 1.43. The summed E-state index contributed by atoms with van der Waals surface area (Å²) < 4.78 is 1.51. The summed E-state index contributed by atoms with van der Waals surface area (Å²) in [4.78, 5) is 29.5. The quantitative estimate of drug-likeness (QED) is 0.658. The average Bonchev–Trinajstić information content (AvgIpc) is 3.32. The van der Waals surface area contributed by atoms with E-state index >= 15 is 0 Å². The highest BCUT2D eigenvalue weighted by atomic mass is 16.2. The summed E-state index contributed by atoms with van der Waals surface area (Å²) in [6.07, 6.45) is 1.98. The van der Waals surface area contributed by atoms with Gasteiger partial charge in [0.15, 0.2) is 0 Å². The molecule has 0 saturated carbocycles. The molecule has 2 aromatic carbocycles. The van der Waals surface area contributed by atoms with Gasteiger partial charge in [0, 0.05) is 38.2 Å². The Morgan fingerprint density at radius 1 is 0.862 bits per heavy atom. The molecule has 1 saturated heterocycles. The molecule has 1 fully saturated rings. The van der Waals surface area contributed by atoms with Gasteiger partial charge in [-0.2, -0.15) is 0 Å². The van der Waals surface area contributed by atoms with Gasteiger partial charge in [0.2, 0.25) is 5.91 Å². The first kappa shape index (κ1) is 18.8. The van der Waals surface area contributed by atoms with Crippen LogP contribution in [-0.4, -0.2) is 68.0 Å². The average molecular weight is 390 g/mol. The molecule has 2 heterocycles. The number of hydrogen-bond donors (Lipinski definition) is 0. The molecular formula is C21H22N6O2. The van der Waals surface area contributed by atoms with Crippen molar-refractivity contribution in [1.82, 2.24) is 30.0 Å². The number of carbonyl (C=O) groups is 2. The molecule has 1 aliphatic rings. The molecule has 2 amide bonds. The van der Waals surface area contributed by atoms with E-state index in [1.165, 1.54) is 11.0 Å². The van der Waals surface area contributed by atoms with Gasteiger partial charge < -0.3 is 9.80 Å². The molecule has 8 heteroatoms. The van der Waals surface area contributed by atoms with Crippen molar-refractivity contribution in [2.24, 2.45) is 0 Å². The second-order valence-corrected chi connectivity index (χ2v) is 6.98. The number of carbonyl (C=O) groups excluding carboxylic acids is 2. The van der Waals surface area contributed by atoms with Crippen molar-refractivity contribution in [3.8, 4) is 0 Å². The topological polar surface area (TPSA) is 84.2 Å². The largest absolute Gasteiger partial charge is 0.337 e. The molecule has 1 unspecified atom stereocenters. The third kappa shape index (κ3) is 4.31. The molecule has 0 aliphatic carbocycles. The minimum atomic E-state index is -0.510. The summed E-state index contributed by atoms with van der Waals surface area (Å²) in [5, 5.41) is 11.3. The van der Waals surface area contributed by atoms with Gasteiger partial charge in [0.25, 0.3) is 5.91 Å². The van der Waals surface area contributed by atoms with Crippen LogP contribution in [0.5, 0.6) is 0 Å². The van der Waals surface area contributed by atoms with Crippen LogP contribution in [0.4, 0.5) is 0 Å². The monoisotopic (exact) mass is 390 g/mol. The SMILES string of the molecule is O=C(c1ccccc1)N1CCN(C(=O)C(Cc2ccccc2)n2cnnn2)CC1. The van der Waals surface area contributed by atoms with Crippen molar-refractivity contribution in [2.45, 2.75) is 12.5 Å². The van der Waals surface area contributed by atoms with Gasteiger partial charge in [-0.3, -0.25) is 9.59 Å². The zero-order valence-corrected chi connectivity index (χ0v) is 16.0. The molecule has 3 aromatic rings. The van der Waals surface area contributed by atoms with Crippen LogP contribution in [0.1, 0.15) is 22.0 Å². The van der Waals surface area contributed by atoms with E-state index in [1.54, 1.807) is 9.80 Å². The Kier molecular flexibility index (Phi) is 5.60. The summed E-state index contributed by atoms with van der Waals surface area (Å²) in [5.41, 5.74) is 1.71. The second-order valence-electron chi connectivity index (χ2n) is 6.98. The predicted molar refractivity (Wildman–Crippen MR) is 106 cm³/mol. The summed E-state index contributed by atoms with van der Waals surface area (Å²) >= 11 is 0. The smallest absolute Gasteiger partial charge is 0.253 e. The van der Waals surface area contributed by atoms with E-state index in [0.29, 0.717) is 38.2 Å².